The highest BCUT2D eigenvalue weighted by Gasteiger charge is 2.24. The summed E-state index contributed by atoms with van der Waals surface area (Å²) < 4.78 is 1.33. The Hall–Kier alpha value is -0.0900. The zero-order valence-corrected chi connectivity index (χ0v) is 15.0. The van der Waals surface area contributed by atoms with E-state index in [1.165, 1.54) is 47.8 Å². The largest absolute Gasteiger partial charge is 0.316 e. The topological polar surface area (TPSA) is 12.0 Å². The molecule has 1 nitrogen and oxygen atoms in total. The zero-order chi connectivity index (χ0) is 14.4. The van der Waals surface area contributed by atoms with Crippen LogP contribution in [-0.4, -0.2) is 13.1 Å². The van der Waals surface area contributed by atoms with Crippen molar-refractivity contribution in [2.24, 2.45) is 17.8 Å². The molecule has 1 aliphatic carbocycles. The van der Waals surface area contributed by atoms with Gasteiger partial charge in [0.15, 0.2) is 0 Å². The van der Waals surface area contributed by atoms with Crippen LogP contribution < -0.4 is 5.32 Å². The van der Waals surface area contributed by atoms with Gasteiger partial charge in [-0.1, -0.05) is 51.7 Å². The molecule has 2 rings (SSSR count). The van der Waals surface area contributed by atoms with Crippen molar-refractivity contribution in [2.75, 3.05) is 13.1 Å². The van der Waals surface area contributed by atoms with Gasteiger partial charge in [-0.25, -0.2) is 0 Å². The lowest BCUT2D eigenvalue weighted by Gasteiger charge is -2.24. The Balaban J connectivity index is 1.92. The Labute approximate surface area is 138 Å². The predicted octanol–water partition coefficient (Wildman–Crippen LogP) is 4.89. The summed E-state index contributed by atoms with van der Waals surface area (Å²) in [5.74, 6) is 2.50. The minimum atomic E-state index is 0.748. The van der Waals surface area contributed by atoms with Crippen molar-refractivity contribution < 1.29 is 0 Å². The molecule has 1 N–H and O–H groups in total. The molecule has 1 fully saturated rings. The van der Waals surface area contributed by atoms with E-state index < -0.39 is 0 Å². The summed E-state index contributed by atoms with van der Waals surface area (Å²) >= 11 is 2.39. The zero-order valence-electron chi connectivity index (χ0n) is 12.9. The first-order valence-electron chi connectivity index (χ1n) is 8.10. The van der Waals surface area contributed by atoms with Gasteiger partial charge in [0, 0.05) is 3.57 Å². The van der Waals surface area contributed by atoms with E-state index in [9.17, 15) is 0 Å². The fourth-order valence-corrected chi connectivity index (χ4v) is 3.67. The van der Waals surface area contributed by atoms with Crippen LogP contribution in [-0.2, 0) is 6.42 Å². The molecular weight excluding hydrogens is 357 g/mol. The molecule has 1 unspecified atom stereocenters. The SMILES string of the molecule is CC(C)CNCC(Cc1ccc(I)cc1)C1CCCC1. The molecule has 1 aromatic carbocycles. The van der Waals surface area contributed by atoms with Crippen LogP contribution in [0.5, 0.6) is 0 Å². The molecule has 20 heavy (non-hydrogen) atoms. The van der Waals surface area contributed by atoms with Crippen LogP contribution in [0.4, 0.5) is 0 Å². The molecule has 1 atom stereocenters. The lowest BCUT2D eigenvalue weighted by Crippen LogP contribution is -2.31. The van der Waals surface area contributed by atoms with E-state index in [0.717, 1.165) is 24.3 Å². The normalized spacial score (nSPS) is 17.8. The van der Waals surface area contributed by atoms with Gasteiger partial charge in [0.05, 0.1) is 0 Å². The lowest BCUT2D eigenvalue weighted by molar-refractivity contribution is 0.316. The van der Waals surface area contributed by atoms with Gasteiger partial charge >= 0.3 is 0 Å². The number of rotatable bonds is 7. The van der Waals surface area contributed by atoms with Gasteiger partial charge in [-0.05, 0) is 77.6 Å². The van der Waals surface area contributed by atoms with Gasteiger partial charge in [0.1, 0.15) is 0 Å². The minimum Gasteiger partial charge on any atom is -0.316 e. The van der Waals surface area contributed by atoms with Gasteiger partial charge < -0.3 is 5.32 Å². The van der Waals surface area contributed by atoms with E-state index in [4.69, 9.17) is 0 Å². The molecule has 0 radical (unpaired) electrons. The Morgan fingerprint density at radius 2 is 1.75 bits per heavy atom. The van der Waals surface area contributed by atoms with Crippen molar-refractivity contribution >= 4 is 22.6 Å². The van der Waals surface area contributed by atoms with Crippen LogP contribution in [0.2, 0.25) is 0 Å². The van der Waals surface area contributed by atoms with E-state index in [2.05, 4.69) is 66.0 Å². The van der Waals surface area contributed by atoms with Crippen LogP contribution in [0.1, 0.15) is 45.1 Å². The summed E-state index contributed by atoms with van der Waals surface area (Å²) in [7, 11) is 0. The minimum absolute atomic E-state index is 0.748. The van der Waals surface area contributed by atoms with Crippen LogP contribution in [0.3, 0.4) is 0 Å². The van der Waals surface area contributed by atoms with E-state index in [0.29, 0.717) is 0 Å². The smallest absolute Gasteiger partial charge is 0.0130 e. The van der Waals surface area contributed by atoms with Crippen LogP contribution in [0, 0.1) is 21.3 Å². The first-order chi connectivity index (χ1) is 9.65. The maximum absolute atomic E-state index is 3.69. The monoisotopic (exact) mass is 385 g/mol. The van der Waals surface area contributed by atoms with Crippen molar-refractivity contribution in [2.45, 2.75) is 46.0 Å². The molecule has 0 bridgehead atoms. The van der Waals surface area contributed by atoms with Gasteiger partial charge in [-0.3, -0.25) is 0 Å². The Bertz CT molecular complexity index is 379. The second kappa shape index (κ2) is 8.38. The van der Waals surface area contributed by atoms with Gasteiger partial charge in [-0.15, -0.1) is 0 Å². The van der Waals surface area contributed by atoms with Crippen molar-refractivity contribution in [1.82, 2.24) is 5.32 Å². The molecule has 0 amide bonds. The Kier molecular flexibility index (Phi) is 6.82. The van der Waals surface area contributed by atoms with Crippen molar-refractivity contribution in [3.63, 3.8) is 0 Å². The van der Waals surface area contributed by atoms with Gasteiger partial charge in [-0.2, -0.15) is 0 Å². The number of hydrogen-bond donors (Lipinski definition) is 1. The maximum atomic E-state index is 3.69. The molecule has 112 valence electrons. The van der Waals surface area contributed by atoms with Crippen molar-refractivity contribution in [3.05, 3.63) is 33.4 Å². The average molecular weight is 385 g/mol. The van der Waals surface area contributed by atoms with E-state index in [1.54, 1.807) is 0 Å². The maximum Gasteiger partial charge on any atom is 0.0130 e. The number of hydrogen-bond acceptors (Lipinski definition) is 1. The fourth-order valence-electron chi connectivity index (χ4n) is 3.31. The highest BCUT2D eigenvalue weighted by molar-refractivity contribution is 14.1. The number of benzene rings is 1. The Morgan fingerprint density at radius 3 is 2.35 bits per heavy atom. The molecule has 0 spiro atoms. The highest BCUT2D eigenvalue weighted by Crippen LogP contribution is 2.33. The molecule has 1 aromatic rings. The summed E-state index contributed by atoms with van der Waals surface area (Å²) in [6, 6.07) is 9.10. The third kappa shape index (κ3) is 5.36. The fraction of sp³-hybridized carbons (Fsp3) is 0.667. The molecule has 0 aliphatic heterocycles. The van der Waals surface area contributed by atoms with Crippen molar-refractivity contribution in [3.8, 4) is 0 Å². The number of halogens is 1. The molecule has 0 saturated heterocycles. The first kappa shape index (κ1) is 16.3. The summed E-state index contributed by atoms with van der Waals surface area (Å²) in [6.07, 6.45) is 7.01. The molecule has 2 heteroatoms. The Morgan fingerprint density at radius 1 is 1.10 bits per heavy atom. The summed E-state index contributed by atoms with van der Waals surface area (Å²) in [4.78, 5) is 0. The summed E-state index contributed by atoms with van der Waals surface area (Å²) in [6.45, 7) is 6.91. The quantitative estimate of drug-likeness (QED) is 0.660. The predicted molar refractivity (Wildman–Crippen MR) is 96.0 cm³/mol. The standard InChI is InChI=1S/C18H28IN/c1-14(2)12-20-13-17(16-5-3-4-6-16)11-15-7-9-18(19)10-8-15/h7-10,14,16-17,20H,3-6,11-13H2,1-2H3. The average Bonchev–Trinajstić information content (AvgIpc) is 2.93. The molecule has 1 saturated carbocycles. The van der Waals surface area contributed by atoms with Gasteiger partial charge in [0.2, 0.25) is 0 Å². The number of nitrogens with one attached hydrogen (secondary N) is 1. The van der Waals surface area contributed by atoms with E-state index >= 15 is 0 Å². The van der Waals surface area contributed by atoms with E-state index in [1.807, 2.05) is 0 Å². The molecular formula is C18H28IN. The molecule has 0 aromatic heterocycles. The van der Waals surface area contributed by atoms with Crippen molar-refractivity contribution in [1.29, 1.82) is 0 Å². The van der Waals surface area contributed by atoms with Crippen LogP contribution >= 0.6 is 22.6 Å². The summed E-state index contributed by atoms with van der Waals surface area (Å²) in [5, 5.41) is 3.69. The second-order valence-electron chi connectivity index (χ2n) is 6.69. The highest BCUT2D eigenvalue weighted by atomic mass is 127. The third-order valence-corrected chi connectivity index (χ3v) is 5.16. The third-order valence-electron chi connectivity index (χ3n) is 4.44. The summed E-state index contributed by atoms with van der Waals surface area (Å²) in [5.41, 5.74) is 1.51. The van der Waals surface area contributed by atoms with E-state index in [-0.39, 0.29) is 0 Å². The first-order valence-corrected chi connectivity index (χ1v) is 9.18. The molecule has 1 aliphatic rings. The van der Waals surface area contributed by atoms with Gasteiger partial charge in [0.25, 0.3) is 0 Å². The van der Waals surface area contributed by atoms with Crippen LogP contribution in [0.15, 0.2) is 24.3 Å². The molecule has 0 heterocycles. The van der Waals surface area contributed by atoms with Crippen LogP contribution in [0.25, 0.3) is 0 Å². The second-order valence-corrected chi connectivity index (χ2v) is 7.93. The lowest BCUT2D eigenvalue weighted by atomic mass is 9.85.